The van der Waals surface area contributed by atoms with Crippen molar-refractivity contribution in [2.75, 3.05) is 44.9 Å². The average molecular weight is 509 g/mol. The third-order valence-electron chi connectivity index (χ3n) is 5.21. The molecule has 0 saturated carbocycles. The van der Waals surface area contributed by atoms with Gasteiger partial charge in [0.2, 0.25) is 5.95 Å². The maximum atomic E-state index is 12.9. The van der Waals surface area contributed by atoms with E-state index >= 15 is 0 Å². The summed E-state index contributed by atoms with van der Waals surface area (Å²) in [6, 6.07) is 0.153. The Bertz CT molecular complexity index is 1070. The monoisotopic (exact) mass is 509 g/mol. The van der Waals surface area contributed by atoms with E-state index in [0.29, 0.717) is 18.5 Å². The second kappa shape index (κ2) is 10.5. The molecule has 0 aliphatic carbocycles. The number of carbonyl (C=O) groups is 1. The van der Waals surface area contributed by atoms with E-state index in [1.807, 2.05) is 4.98 Å². The van der Waals surface area contributed by atoms with Gasteiger partial charge in [0.05, 0.1) is 24.8 Å². The molecule has 1 amide bonds. The van der Waals surface area contributed by atoms with Crippen molar-refractivity contribution in [1.82, 2.24) is 19.9 Å². The number of nitrogens with zero attached hydrogens (tertiary/aromatic N) is 4. The molecule has 1 saturated heterocycles. The predicted molar refractivity (Wildman–Crippen MR) is 109 cm³/mol. The normalized spacial score (nSPS) is 16.9. The van der Waals surface area contributed by atoms with Crippen molar-refractivity contribution < 1.29 is 40.6 Å². The number of ether oxygens (including phenoxy) is 2. The molecule has 0 unspecified atom stereocenters. The molecule has 2 aromatic rings. The number of piperazine rings is 1. The van der Waals surface area contributed by atoms with E-state index < -0.39 is 41.2 Å². The van der Waals surface area contributed by atoms with Gasteiger partial charge in [-0.2, -0.15) is 26.3 Å². The van der Waals surface area contributed by atoms with Gasteiger partial charge in [0, 0.05) is 51.8 Å². The van der Waals surface area contributed by atoms with Gasteiger partial charge in [-0.05, 0) is 11.6 Å². The number of carbonyl (C=O) groups excluding carboxylic acids is 1. The fourth-order valence-electron chi connectivity index (χ4n) is 3.47. The molecule has 1 atom stereocenters. The van der Waals surface area contributed by atoms with Crippen molar-refractivity contribution in [3.8, 4) is 0 Å². The first-order valence-corrected chi connectivity index (χ1v) is 10.3. The molecule has 15 heteroatoms. The summed E-state index contributed by atoms with van der Waals surface area (Å²) in [7, 11) is 1.41. The third-order valence-corrected chi connectivity index (χ3v) is 5.21. The van der Waals surface area contributed by atoms with Gasteiger partial charge in [-0.15, -0.1) is 0 Å². The summed E-state index contributed by atoms with van der Waals surface area (Å²) in [5.74, 6) is 0.0608. The Kier molecular flexibility index (Phi) is 7.87. The van der Waals surface area contributed by atoms with E-state index in [0.717, 1.165) is 6.20 Å². The lowest BCUT2D eigenvalue weighted by molar-refractivity contribution is -0.139. The zero-order chi connectivity index (χ0) is 25.8. The lowest BCUT2D eigenvalue weighted by Crippen LogP contribution is -2.57. The van der Waals surface area contributed by atoms with Crippen molar-refractivity contribution in [2.24, 2.45) is 0 Å². The Morgan fingerprint density at radius 1 is 1.14 bits per heavy atom. The lowest BCUT2D eigenvalue weighted by atomic mass is 10.1. The molecule has 1 aliphatic rings. The van der Waals surface area contributed by atoms with Crippen molar-refractivity contribution >= 4 is 12.0 Å². The van der Waals surface area contributed by atoms with Crippen LogP contribution in [0.15, 0.2) is 29.5 Å². The quantitative estimate of drug-likeness (QED) is 0.598. The first-order valence-electron chi connectivity index (χ1n) is 10.3. The maximum Gasteiger partial charge on any atom is 0.421 e. The predicted octanol–water partition coefficient (Wildman–Crippen LogP) is 2.72. The molecule has 0 bridgehead atoms. The summed E-state index contributed by atoms with van der Waals surface area (Å²) in [6.07, 6.45) is -7.72. The van der Waals surface area contributed by atoms with Crippen LogP contribution in [0, 0.1) is 0 Å². The van der Waals surface area contributed by atoms with Crippen LogP contribution >= 0.6 is 0 Å². The minimum atomic E-state index is -4.82. The van der Waals surface area contributed by atoms with E-state index in [2.05, 4.69) is 9.97 Å². The van der Waals surface area contributed by atoms with Crippen molar-refractivity contribution in [3.05, 3.63) is 51.7 Å². The molecule has 3 rings (SSSR count). The molecule has 3 heterocycles. The Morgan fingerprint density at radius 2 is 1.83 bits per heavy atom. The molecular weight excluding hydrogens is 488 g/mol. The highest BCUT2D eigenvalue weighted by Gasteiger charge is 2.35. The molecule has 1 aliphatic heterocycles. The van der Waals surface area contributed by atoms with E-state index in [1.165, 1.54) is 12.0 Å². The largest absolute Gasteiger partial charge is 0.449 e. The van der Waals surface area contributed by atoms with E-state index in [1.54, 1.807) is 4.90 Å². The zero-order valence-corrected chi connectivity index (χ0v) is 18.3. The van der Waals surface area contributed by atoms with Crippen LogP contribution < -0.4 is 10.5 Å². The van der Waals surface area contributed by atoms with Crippen LogP contribution in [-0.4, -0.2) is 71.9 Å². The molecule has 1 N–H and O–H groups in total. The number of hydrogen-bond donors (Lipinski definition) is 1. The van der Waals surface area contributed by atoms with Crippen LogP contribution in [0.1, 0.15) is 16.7 Å². The number of aromatic amines is 1. The van der Waals surface area contributed by atoms with E-state index in [-0.39, 0.29) is 50.8 Å². The highest BCUT2D eigenvalue weighted by molar-refractivity contribution is 5.68. The van der Waals surface area contributed by atoms with Crippen LogP contribution in [0.4, 0.5) is 37.1 Å². The van der Waals surface area contributed by atoms with Crippen LogP contribution in [-0.2, 0) is 28.2 Å². The molecule has 1 fully saturated rings. The summed E-state index contributed by atoms with van der Waals surface area (Å²) in [4.78, 5) is 36.4. The maximum absolute atomic E-state index is 12.9. The van der Waals surface area contributed by atoms with Crippen molar-refractivity contribution in [2.45, 2.75) is 24.8 Å². The Balaban J connectivity index is 1.60. The summed E-state index contributed by atoms with van der Waals surface area (Å²) in [5, 5.41) is 0. The highest BCUT2D eigenvalue weighted by Crippen LogP contribution is 2.29. The van der Waals surface area contributed by atoms with Crippen LogP contribution in [0.5, 0.6) is 0 Å². The molecule has 2 aromatic heterocycles. The van der Waals surface area contributed by atoms with Gasteiger partial charge < -0.3 is 19.4 Å². The second-order valence-electron chi connectivity index (χ2n) is 7.63. The standard InChI is InChI=1S/C20H21F6N5O4/c1-34-11-14-10-30(17-28-8-13(9-29-17)19(21,22)23)3-4-31(14)18(33)35-5-2-12-6-15(20(24,25)26)16(32)27-7-12/h6-9,14H,2-5,10-11H2,1H3,(H,27,32)/t14-/m0/s1. The molecule has 0 radical (unpaired) electrons. The second-order valence-corrected chi connectivity index (χ2v) is 7.63. The number of hydrogen-bond acceptors (Lipinski definition) is 7. The Hall–Kier alpha value is -3.36. The molecule has 35 heavy (non-hydrogen) atoms. The smallest absolute Gasteiger partial charge is 0.421 e. The van der Waals surface area contributed by atoms with Crippen molar-refractivity contribution in [3.63, 3.8) is 0 Å². The summed E-state index contributed by atoms with van der Waals surface area (Å²) >= 11 is 0. The highest BCUT2D eigenvalue weighted by atomic mass is 19.4. The number of pyridine rings is 1. The molecule has 9 nitrogen and oxygen atoms in total. The molecule has 0 spiro atoms. The number of rotatable bonds is 6. The number of aromatic nitrogens is 3. The first-order chi connectivity index (χ1) is 16.4. The Labute approximate surface area is 194 Å². The topological polar surface area (TPSA) is 101 Å². The number of halogens is 6. The van der Waals surface area contributed by atoms with Gasteiger partial charge in [-0.3, -0.25) is 9.69 Å². The van der Waals surface area contributed by atoms with E-state index in [9.17, 15) is 35.9 Å². The van der Waals surface area contributed by atoms with Gasteiger partial charge in [-0.1, -0.05) is 0 Å². The van der Waals surface area contributed by atoms with Crippen LogP contribution in [0.25, 0.3) is 0 Å². The SMILES string of the molecule is COC[C@@H]1CN(c2ncc(C(F)(F)F)cn2)CCN1C(=O)OCCc1c[nH]c(=O)c(C(F)(F)F)c1. The minimum Gasteiger partial charge on any atom is -0.449 e. The van der Waals surface area contributed by atoms with Gasteiger partial charge in [0.25, 0.3) is 5.56 Å². The number of anilines is 1. The van der Waals surface area contributed by atoms with E-state index in [4.69, 9.17) is 9.47 Å². The number of alkyl halides is 6. The molecular formula is C20H21F6N5O4. The minimum absolute atomic E-state index is 0.0608. The third kappa shape index (κ3) is 6.61. The average Bonchev–Trinajstić information content (AvgIpc) is 2.79. The van der Waals surface area contributed by atoms with Gasteiger partial charge in [0.15, 0.2) is 0 Å². The zero-order valence-electron chi connectivity index (χ0n) is 18.3. The fraction of sp³-hybridized carbons (Fsp3) is 0.500. The number of methoxy groups -OCH3 is 1. The molecule has 0 aromatic carbocycles. The number of nitrogens with one attached hydrogen (secondary N) is 1. The lowest BCUT2D eigenvalue weighted by Gasteiger charge is -2.40. The van der Waals surface area contributed by atoms with Crippen molar-refractivity contribution in [1.29, 1.82) is 0 Å². The number of amides is 1. The van der Waals surface area contributed by atoms with Gasteiger partial charge >= 0.3 is 18.4 Å². The van der Waals surface area contributed by atoms with Crippen LogP contribution in [0.2, 0.25) is 0 Å². The molecule has 192 valence electrons. The van der Waals surface area contributed by atoms with Crippen LogP contribution in [0.3, 0.4) is 0 Å². The summed E-state index contributed by atoms with van der Waals surface area (Å²) in [6.45, 7) is 0.317. The summed E-state index contributed by atoms with van der Waals surface area (Å²) < 4.78 is 87.2. The van der Waals surface area contributed by atoms with Gasteiger partial charge in [-0.25, -0.2) is 14.8 Å². The fourth-order valence-corrected chi connectivity index (χ4v) is 3.47. The first kappa shape index (κ1) is 26.2. The van der Waals surface area contributed by atoms with Gasteiger partial charge in [0.1, 0.15) is 5.56 Å². The number of H-pyrrole nitrogens is 1. The summed E-state index contributed by atoms with van der Waals surface area (Å²) in [5.41, 5.74) is -3.47. The Morgan fingerprint density at radius 3 is 2.43 bits per heavy atom.